The lowest BCUT2D eigenvalue weighted by molar-refractivity contribution is 0.204. The van der Waals surface area contributed by atoms with Gasteiger partial charge >= 0.3 is 0 Å². The third-order valence-corrected chi connectivity index (χ3v) is 4.47. The molecule has 94 valence electrons. The topological polar surface area (TPSA) is 15.3 Å². The Kier molecular flexibility index (Phi) is 4.66. The van der Waals surface area contributed by atoms with Gasteiger partial charge in [-0.25, -0.2) is 0 Å². The van der Waals surface area contributed by atoms with Crippen molar-refractivity contribution in [3.63, 3.8) is 0 Å². The highest BCUT2D eigenvalue weighted by atomic mass is 15.1. The average molecular weight is 224 g/mol. The second-order valence-corrected chi connectivity index (χ2v) is 6.12. The zero-order chi connectivity index (χ0) is 11.4. The number of nitrogens with zero attached hydrogens (tertiary/aromatic N) is 1. The Labute approximate surface area is 101 Å². The number of likely N-dealkylation sites (tertiary alicyclic amines) is 1. The van der Waals surface area contributed by atoms with Crippen molar-refractivity contribution in [2.24, 2.45) is 11.8 Å². The lowest BCUT2D eigenvalue weighted by atomic mass is 9.86. The molecule has 2 nitrogen and oxygen atoms in total. The molecule has 2 atom stereocenters. The molecule has 0 aromatic heterocycles. The maximum Gasteiger partial charge on any atom is 0.00697 e. The Balaban J connectivity index is 1.63. The van der Waals surface area contributed by atoms with Gasteiger partial charge in [-0.05, 0) is 64.2 Å². The van der Waals surface area contributed by atoms with E-state index in [1.807, 2.05) is 0 Å². The van der Waals surface area contributed by atoms with Gasteiger partial charge in [0.05, 0.1) is 0 Å². The summed E-state index contributed by atoms with van der Waals surface area (Å²) in [7, 11) is 2.24. The van der Waals surface area contributed by atoms with Gasteiger partial charge in [-0.2, -0.15) is 0 Å². The van der Waals surface area contributed by atoms with Crippen molar-refractivity contribution < 1.29 is 0 Å². The zero-order valence-corrected chi connectivity index (χ0v) is 11.0. The quantitative estimate of drug-likeness (QED) is 0.792. The number of piperidine rings is 1. The molecule has 1 saturated carbocycles. The first kappa shape index (κ1) is 12.4. The first-order chi connectivity index (χ1) is 7.74. The van der Waals surface area contributed by atoms with Gasteiger partial charge in [-0.3, -0.25) is 0 Å². The van der Waals surface area contributed by atoms with Gasteiger partial charge in [0.1, 0.15) is 0 Å². The minimum atomic E-state index is 0.823. The highest BCUT2D eigenvalue weighted by Gasteiger charge is 2.21. The Morgan fingerprint density at radius 1 is 1.12 bits per heavy atom. The molecule has 2 heteroatoms. The molecule has 1 heterocycles. The van der Waals surface area contributed by atoms with E-state index in [0.717, 1.165) is 17.9 Å². The highest BCUT2D eigenvalue weighted by Crippen LogP contribution is 2.24. The van der Waals surface area contributed by atoms with Gasteiger partial charge < -0.3 is 10.2 Å². The first-order valence-electron chi connectivity index (χ1n) is 7.16. The molecule has 16 heavy (non-hydrogen) atoms. The average Bonchev–Trinajstić information content (AvgIpc) is 2.28. The molecule has 2 aliphatic rings. The van der Waals surface area contributed by atoms with Gasteiger partial charge in [0.25, 0.3) is 0 Å². The monoisotopic (exact) mass is 224 g/mol. The van der Waals surface area contributed by atoms with Crippen molar-refractivity contribution in [2.45, 2.75) is 51.5 Å². The fraction of sp³-hybridized carbons (Fsp3) is 1.00. The highest BCUT2D eigenvalue weighted by molar-refractivity contribution is 4.78. The predicted molar refractivity (Wildman–Crippen MR) is 69.6 cm³/mol. The third kappa shape index (κ3) is 3.74. The Morgan fingerprint density at radius 2 is 1.88 bits per heavy atom. The molecule has 2 rings (SSSR count). The summed E-state index contributed by atoms with van der Waals surface area (Å²) in [4.78, 5) is 2.46. The third-order valence-electron chi connectivity index (χ3n) is 4.47. The van der Waals surface area contributed by atoms with Crippen LogP contribution in [-0.2, 0) is 0 Å². The lowest BCUT2D eigenvalue weighted by Gasteiger charge is -2.32. The molecule has 0 aromatic rings. The van der Waals surface area contributed by atoms with Crippen LogP contribution in [0.5, 0.6) is 0 Å². The largest absolute Gasteiger partial charge is 0.314 e. The summed E-state index contributed by atoms with van der Waals surface area (Å²) in [5.74, 6) is 1.89. The van der Waals surface area contributed by atoms with E-state index < -0.39 is 0 Å². The molecule has 1 N–H and O–H groups in total. The van der Waals surface area contributed by atoms with Crippen molar-refractivity contribution in [1.29, 1.82) is 0 Å². The molecule has 0 radical (unpaired) electrons. The van der Waals surface area contributed by atoms with E-state index in [1.165, 1.54) is 58.2 Å². The van der Waals surface area contributed by atoms with Crippen molar-refractivity contribution in [3.8, 4) is 0 Å². The maximum absolute atomic E-state index is 3.82. The fourth-order valence-electron chi connectivity index (χ4n) is 3.22. The van der Waals surface area contributed by atoms with Gasteiger partial charge in [0.15, 0.2) is 0 Å². The van der Waals surface area contributed by atoms with E-state index in [9.17, 15) is 0 Å². The van der Waals surface area contributed by atoms with Gasteiger partial charge in [0.2, 0.25) is 0 Å². The van der Waals surface area contributed by atoms with Crippen molar-refractivity contribution >= 4 is 0 Å². The summed E-state index contributed by atoms with van der Waals surface area (Å²) in [6.07, 6.45) is 8.50. The van der Waals surface area contributed by atoms with Crippen LogP contribution in [0.3, 0.4) is 0 Å². The van der Waals surface area contributed by atoms with Crippen LogP contribution in [0.25, 0.3) is 0 Å². The SMILES string of the molecule is CC1CCCC(NCC2CCN(C)CC2)C1. The standard InChI is InChI=1S/C14H28N2/c1-12-4-3-5-14(10-12)15-11-13-6-8-16(2)9-7-13/h12-15H,3-11H2,1-2H3. The van der Waals surface area contributed by atoms with Crippen molar-refractivity contribution in [1.82, 2.24) is 10.2 Å². The molecular weight excluding hydrogens is 196 g/mol. The second-order valence-electron chi connectivity index (χ2n) is 6.12. The summed E-state index contributed by atoms with van der Waals surface area (Å²) in [6, 6.07) is 0.823. The van der Waals surface area contributed by atoms with Gasteiger partial charge in [-0.15, -0.1) is 0 Å². The molecule has 0 amide bonds. The van der Waals surface area contributed by atoms with Crippen LogP contribution in [-0.4, -0.2) is 37.6 Å². The molecule has 1 aliphatic carbocycles. The van der Waals surface area contributed by atoms with Gasteiger partial charge in [-0.1, -0.05) is 19.8 Å². The van der Waals surface area contributed by atoms with E-state index in [-0.39, 0.29) is 0 Å². The van der Waals surface area contributed by atoms with Crippen molar-refractivity contribution in [3.05, 3.63) is 0 Å². The Bertz CT molecular complexity index is 197. The van der Waals surface area contributed by atoms with Crippen LogP contribution in [0.2, 0.25) is 0 Å². The van der Waals surface area contributed by atoms with Crippen LogP contribution in [0.4, 0.5) is 0 Å². The van der Waals surface area contributed by atoms with Crippen molar-refractivity contribution in [2.75, 3.05) is 26.7 Å². The number of hydrogen-bond acceptors (Lipinski definition) is 2. The normalized spacial score (nSPS) is 34.1. The summed E-state index contributed by atoms with van der Waals surface area (Å²) >= 11 is 0. The Morgan fingerprint density at radius 3 is 2.56 bits per heavy atom. The van der Waals surface area contributed by atoms with Crippen LogP contribution in [0, 0.1) is 11.8 Å². The summed E-state index contributed by atoms with van der Waals surface area (Å²) in [5, 5.41) is 3.82. The van der Waals surface area contributed by atoms with E-state index >= 15 is 0 Å². The van der Waals surface area contributed by atoms with Crippen LogP contribution in [0.15, 0.2) is 0 Å². The molecule has 1 aliphatic heterocycles. The number of hydrogen-bond donors (Lipinski definition) is 1. The summed E-state index contributed by atoms with van der Waals surface area (Å²) in [6.45, 7) is 6.27. The van der Waals surface area contributed by atoms with Crippen LogP contribution in [0.1, 0.15) is 45.4 Å². The molecule has 0 bridgehead atoms. The smallest absolute Gasteiger partial charge is 0.00697 e. The number of nitrogens with one attached hydrogen (secondary N) is 1. The van der Waals surface area contributed by atoms with Crippen LogP contribution < -0.4 is 5.32 Å². The second kappa shape index (κ2) is 6.02. The van der Waals surface area contributed by atoms with E-state index in [4.69, 9.17) is 0 Å². The minimum Gasteiger partial charge on any atom is -0.314 e. The molecule has 0 spiro atoms. The molecule has 0 aromatic carbocycles. The molecule has 2 fully saturated rings. The summed E-state index contributed by atoms with van der Waals surface area (Å²) < 4.78 is 0. The van der Waals surface area contributed by atoms with E-state index in [0.29, 0.717) is 0 Å². The van der Waals surface area contributed by atoms with Gasteiger partial charge in [0, 0.05) is 6.04 Å². The summed E-state index contributed by atoms with van der Waals surface area (Å²) in [5.41, 5.74) is 0. The fourth-order valence-corrected chi connectivity index (χ4v) is 3.22. The number of rotatable bonds is 3. The minimum absolute atomic E-state index is 0.823. The van der Waals surface area contributed by atoms with Crippen LogP contribution >= 0.6 is 0 Å². The predicted octanol–water partition coefficient (Wildman–Crippen LogP) is 2.50. The molecular formula is C14H28N2. The Hall–Kier alpha value is -0.0800. The maximum atomic E-state index is 3.82. The first-order valence-corrected chi connectivity index (χ1v) is 7.16. The lowest BCUT2D eigenvalue weighted by Crippen LogP contribution is -2.40. The zero-order valence-electron chi connectivity index (χ0n) is 11.0. The molecule has 1 saturated heterocycles. The van der Waals surface area contributed by atoms with E-state index in [2.05, 4.69) is 24.2 Å². The molecule has 2 unspecified atom stereocenters. The van der Waals surface area contributed by atoms with E-state index in [1.54, 1.807) is 0 Å².